The lowest BCUT2D eigenvalue weighted by Crippen LogP contribution is -2.64. The number of hydrogen-bond acceptors (Lipinski definition) is 4. The average Bonchev–Trinajstić information content (AvgIpc) is 2.59. The van der Waals surface area contributed by atoms with Crippen LogP contribution in [0, 0.1) is 11.3 Å². The zero-order valence-corrected chi connectivity index (χ0v) is 17.6. The van der Waals surface area contributed by atoms with Crippen molar-refractivity contribution in [2.24, 2.45) is 22.1 Å². The third-order valence-corrected chi connectivity index (χ3v) is 5.22. The molecule has 25 heavy (non-hydrogen) atoms. The maximum Gasteiger partial charge on any atom is 0.193 e. The molecule has 3 atom stereocenters. The van der Waals surface area contributed by atoms with Crippen LogP contribution in [0.25, 0.3) is 0 Å². The molecule has 0 amide bonds. The Hall–Kier alpha value is -1.22. The van der Waals surface area contributed by atoms with Crippen LogP contribution < -0.4 is 20.5 Å². The summed E-state index contributed by atoms with van der Waals surface area (Å²) in [6.07, 6.45) is 2.54. The second kappa shape index (κ2) is 7.99. The van der Waals surface area contributed by atoms with E-state index in [2.05, 4.69) is 19.2 Å². The number of methoxy groups -OCH3 is 2. The fourth-order valence-corrected chi connectivity index (χ4v) is 3.99. The molecule has 1 aromatic carbocycles. The molecule has 0 radical (unpaired) electrons. The van der Waals surface area contributed by atoms with Crippen molar-refractivity contribution in [1.82, 2.24) is 0 Å². The van der Waals surface area contributed by atoms with E-state index in [4.69, 9.17) is 24.9 Å². The van der Waals surface area contributed by atoms with Gasteiger partial charge in [0, 0.05) is 24.0 Å². The van der Waals surface area contributed by atoms with Gasteiger partial charge in [0.15, 0.2) is 5.96 Å². The van der Waals surface area contributed by atoms with Crippen LogP contribution in [0.15, 0.2) is 23.2 Å². The zero-order chi connectivity index (χ0) is 17.3. The van der Waals surface area contributed by atoms with Crippen LogP contribution in [0.4, 0.5) is 5.69 Å². The molecule has 0 aromatic heterocycles. The molecule has 3 N–H and O–H groups in total. The van der Waals surface area contributed by atoms with Gasteiger partial charge in [-0.2, -0.15) is 0 Å². The van der Waals surface area contributed by atoms with Crippen molar-refractivity contribution in [2.75, 3.05) is 26.1 Å². The predicted molar refractivity (Wildman–Crippen MR) is 110 cm³/mol. The van der Waals surface area contributed by atoms with Crippen molar-refractivity contribution < 1.29 is 14.2 Å². The SMILES string of the molecule is COc1ccc(OC)c(NC(N)=NC2C3CCCOC3C2(C)C)c1.I. The molecule has 2 aliphatic rings. The van der Waals surface area contributed by atoms with E-state index in [1.165, 1.54) is 0 Å². The first-order valence-corrected chi connectivity index (χ1v) is 8.41. The Morgan fingerprint density at radius 2 is 2.08 bits per heavy atom. The molecular weight excluding hydrogens is 433 g/mol. The molecule has 2 fully saturated rings. The van der Waals surface area contributed by atoms with Crippen molar-refractivity contribution in [1.29, 1.82) is 0 Å². The van der Waals surface area contributed by atoms with Gasteiger partial charge in [0.25, 0.3) is 0 Å². The van der Waals surface area contributed by atoms with Crippen LogP contribution in [0.2, 0.25) is 0 Å². The molecular formula is C18H28IN3O3. The molecule has 6 nitrogen and oxygen atoms in total. The van der Waals surface area contributed by atoms with Gasteiger partial charge in [-0.25, -0.2) is 4.99 Å². The quantitative estimate of drug-likeness (QED) is 0.409. The Bertz CT molecular complexity index is 636. The highest BCUT2D eigenvalue weighted by atomic mass is 127. The normalized spacial score (nSPS) is 27.4. The predicted octanol–water partition coefficient (Wildman–Crippen LogP) is 3.25. The van der Waals surface area contributed by atoms with Gasteiger partial charge >= 0.3 is 0 Å². The minimum absolute atomic E-state index is 0. The molecule has 0 spiro atoms. The Balaban J connectivity index is 0.00000225. The number of anilines is 1. The molecule has 1 saturated carbocycles. The Morgan fingerprint density at radius 1 is 1.32 bits per heavy atom. The van der Waals surface area contributed by atoms with Gasteiger partial charge in [0.2, 0.25) is 0 Å². The number of hydrogen-bond donors (Lipinski definition) is 2. The standard InChI is InChI=1S/C18H27N3O3.HI/c1-18(2)15(12-6-5-9-24-16(12)18)21-17(19)20-13-10-11(22-3)7-8-14(13)23-4;/h7-8,10,12,15-16H,5-6,9H2,1-4H3,(H3,19,20,21);1H. The average molecular weight is 461 g/mol. The first-order valence-electron chi connectivity index (χ1n) is 8.41. The van der Waals surface area contributed by atoms with Crippen molar-refractivity contribution >= 4 is 35.6 Å². The highest BCUT2D eigenvalue weighted by molar-refractivity contribution is 14.0. The Morgan fingerprint density at radius 3 is 2.76 bits per heavy atom. The van der Waals surface area contributed by atoms with Crippen molar-refractivity contribution in [3.8, 4) is 11.5 Å². The lowest BCUT2D eigenvalue weighted by molar-refractivity contribution is -0.182. The minimum Gasteiger partial charge on any atom is -0.497 e. The number of nitrogens with zero attached hydrogens (tertiary/aromatic N) is 1. The molecule has 0 bridgehead atoms. The van der Waals surface area contributed by atoms with E-state index in [1.807, 2.05) is 18.2 Å². The summed E-state index contributed by atoms with van der Waals surface area (Å²) in [4.78, 5) is 4.75. The first-order chi connectivity index (χ1) is 11.5. The van der Waals surface area contributed by atoms with Crippen LogP contribution in [-0.2, 0) is 4.74 Å². The summed E-state index contributed by atoms with van der Waals surface area (Å²) in [6.45, 7) is 5.26. The summed E-state index contributed by atoms with van der Waals surface area (Å²) < 4.78 is 16.6. The first kappa shape index (κ1) is 20.1. The summed E-state index contributed by atoms with van der Waals surface area (Å²) in [5.41, 5.74) is 6.93. The summed E-state index contributed by atoms with van der Waals surface area (Å²) in [6, 6.07) is 5.70. The van der Waals surface area contributed by atoms with E-state index in [9.17, 15) is 0 Å². The zero-order valence-electron chi connectivity index (χ0n) is 15.2. The van der Waals surface area contributed by atoms with Gasteiger partial charge in [-0.1, -0.05) is 13.8 Å². The molecule has 140 valence electrons. The summed E-state index contributed by atoms with van der Waals surface area (Å²) >= 11 is 0. The van der Waals surface area contributed by atoms with E-state index >= 15 is 0 Å². The molecule has 3 unspecified atom stereocenters. The van der Waals surface area contributed by atoms with Crippen LogP contribution >= 0.6 is 24.0 Å². The third-order valence-electron chi connectivity index (χ3n) is 5.22. The molecule has 1 aliphatic carbocycles. The van der Waals surface area contributed by atoms with Gasteiger partial charge < -0.3 is 25.3 Å². The molecule has 7 heteroatoms. The Kier molecular flexibility index (Phi) is 6.42. The molecule has 1 aliphatic heterocycles. The topological polar surface area (TPSA) is 78.1 Å². The number of nitrogens with two attached hydrogens (primary N) is 1. The van der Waals surface area contributed by atoms with Crippen molar-refractivity contribution in [3.63, 3.8) is 0 Å². The highest BCUT2D eigenvalue weighted by Crippen LogP contribution is 2.53. The molecule has 1 saturated heterocycles. The smallest absolute Gasteiger partial charge is 0.193 e. The number of ether oxygens (including phenoxy) is 3. The summed E-state index contributed by atoms with van der Waals surface area (Å²) in [5, 5.41) is 3.15. The van der Waals surface area contributed by atoms with Gasteiger partial charge in [0.1, 0.15) is 11.5 Å². The Labute approximate surface area is 166 Å². The number of guanidine groups is 1. The van der Waals surface area contributed by atoms with Crippen LogP contribution in [0.3, 0.4) is 0 Å². The van der Waals surface area contributed by atoms with Crippen LogP contribution in [0.5, 0.6) is 11.5 Å². The minimum atomic E-state index is 0. The van der Waals surface area contributed by atoms with Gasteiger partial charge in [-0.15, -0.1) is 24.0 Å². The fourth-order valence-electron chi connectivity index (χ4n) is 3.99. The largest absolute Gasteiger partial charge is 0.497 e. The van der Waals surface area contributed by atoms with E-state index in [0.29, 0.717) is 23.7 Å². The van der Waals surface area contributed by atoms with Crippen LogP contribution in [-0.4, -0.2) is 38.9 Å². The van der Waals surface area contributed by atoms with E-state index in [1.54, 1.807) is 14.2 Å². The molecule has 3 rings (SSSR count). The molecule has 1 heterocycles. The molecule has 1 aromatic rings. The van der Waals surface area contributed by atoms with E-state index in [0.717, 1.165) is 30.9 Å². The van der Waals surface area contributed by atoms with Crippen LogP contribution in [0.1, 0.15) is 26.7 Å². The lowest BCUT2D eigenvalue weighted by atomic mass is 9.55. The van der Waals surface area contributed by atoms with E-state index < -0.39 is 0 Å². The maximum absolute atomic E-state index is 6.18. The van der Waals surface area contributed by atoms with Gasteiger partial charge in [-0.05, 0) is 25.0 Å². The van der Waals surface area contributed by atoms with E-state index in [-0.39, 0.29) is 35.4 Å². The van der Waals surface area contributed by atoms with Crippen molar-refractivity contribution in [3.05, 3.63) is 18.2 Å². The number of benzene rings is 1. The second-order valence-corrected chi connectivity index (χ2v) is 7.07. The lowest BCUT2D eigenvalue weighted by Gasteiger charge is -2.58. The number of fused-ring (bicyclic) bond motifs is 1. The highest BCUT2D eigenvalue weighted by Gasteiger charge is 2.58. The number of halogens is 1. The summed E-state index contributed by atoms with van der Waals surface area (Å²) in [7, 11) is 3.25. The van der Waals surface area contributed by atoms with Crippen molar-refractivity contribution in [2.45, 2.75) is 38.8 Å². The second-order valence-electron chi connectivity index (χ2n) is 7.07. The van der Waals surface area contributed by atoms with Gasteiger partial charge in [-0.3, -0.25) is 0 Å². The number of rotatable bonds is 4. The van der Waals surface area contributed by atoms with Gasteiger partial charge in [0.05, 0.1) is 32.1 Å². The number of aliphatic imine (C=N–C) groups is 1. The monoisotopic (exact) mass is 461 g/mol. The number of nitrogens with one attached hydrogen (secondary N) is 1. The summed E-state index contributed by atoms with van der Waals surface area (Å²) in [5.74, 6) is 2.28. The third kappa shape index (κ3) is 3.81. The maximum atomic E-state index is 6.18. The fraction of sp³-hybridized carbons (Fsp3) is 0.611.